The van der Waals surface area contributed by atoms with E-state index in [0.717, 1.165) is 30.7 Å². The molecule has 0 aliphatic carbocycles. The van der Waals surface area contributed by atoms with Crippen molar-refractivity contribution in [3.8, 4) is 0 Å². The third-order valence-corrected chi connectivity index (χ3v) is 5.01. The van der Waals surface area contributed by atoms with Crippen molar-refractivity contribution >= 4 is 15.7 Å². The van der Waals surface area contributed by atoms with E-state index >= 15 is 0 Å². The number of carbonyl (C=O) groups excluding carboxylic acids is 1. The van der Waals surface area contributed by atoms with E-state index < -0.39 is 9.84 Å². The van der Waals surface area contributed by atoms with E-state index in [0.29, 0.717) is 6.54 Å². The van der Waals surface area contributed by atoms with Crippen LogP contribution in [0, 0.1) is 0 Å². The molecule has 0 aromatic heterocycles. The second kappa shape index (κ2) is 6.87. The van der Waals surface area contributed by atoms with Gasteiger partial charge in [0.25, 0.3) is 0 Å². The predicted octanol–water partition coefficient (Wildman–Crippen LogP) is 1.35. The zero-order chi connectivity index (χ0) is 15.3. The maximum absolute atomic E-state index is 12.1. The highest BCUT2D eigenvalue weighted by Gasteiger charge is 2.24. The Morgan fingerprint density at radius 2 is 2.00 bits per heavy atom. The summed E-state index contributed by atoms with van der Waals surface area (Å²) in [5.74, 6) is -0.367. The second-order valence-electron chi connectivity index (χ2n) is 5.02. The molecule has 1 aromatic rings. The van der Waals surface area contributed by atoms with E-state index in [1.165, 1.54) is 12.1 Å². The molecule has 1 aromatic carbocycles. The van der Waals surface area contributed by atoms with Crippen molar-refractivity contribution in [2.75, 3.05) is 13.2 Å². The number of amides is 1. The summed E-state index contributed by atoms with van der Waals surface area (Å²) in [5.41, 5.74) is 0. The van der Waals surface area contributed by atoms with E-state index in [1.807, 2.05) is 0 Å². The van der Waals surface area contributed by atoms with Gasteiger partial charge in [-0.2, -0.15) is 0 Å². The molecule has 2 rings (SSSR count). The lowest BCUT2D eigenvalue weighted by Crippen LogP contribution is -2.44. The highest BCUT2D eigenvalue weighted by Crippen LogP contribution is 2.17. The van der Waals surface area contributed by atoms with E-state index in [4.69, 9.17) is 0 Å². The third kappa shape index (κ3) is 3.92. The van der Waals surface area contributed by atoms with Crippen LogP contribution in [0.4, 0.5) is 0 Å². The zero-order valence-corrected chi connectivity index (χ0v) is 12.5. The number of rotatable bonds is 4. The topological polar surface area (TPSA) is 74.7 Å². The van der Waals surface area contributed by atoms with Crippen molar-refractivity contribution in [2.24, 2.45) is 0 Å². The molecule has 0 radical (unpaired) electrons. The Morgan fingerprint density at radius 3 is 2.67 bits per heavy atom. The first kappa shape index (κ1) is 15.7. The van der Waals surface area contributed by atoms with Gasteiger partial charge >= 0.3 is 0 Å². The first-order valence-electron chi connectivity index (χ1n) is 6.94. The summed E-state index contributed by atoms with van der Waals surface area (Å²) in [5, 5.41) is 10.2. The average Bonchev–Trinajstić information content (AvgIpc) is 2.53. The van der Waals surface area contributed by atoms with Crippen LogP contribution < -0.4 is 0 Å². The van der Waals surface area contributed by atoms with Gasteiger partial charge in [0.15, 0.2) is 9.84 Å². The fraction of sp³-hybridized carbons (Fsp3) is 0.400. The van der Waals surface area contributed by atoms with Gasteiger partial charge in [0.2, 0.25) is 5.91 Å². The van der Waals surface area contributed by atoms with Crippen LogP contribution in [-0.4, -0.2) is 43.5 Å². The van der Waals surface area contributed by atoms with Crippen molar-refractivity contribution in [3.63, 3.8) is 0 Å². The molecule has 1 aliphatic rings. The molecule has 1 atom stereocenters. The monoisotopic (exact) mass is 309 g/mol. The number of likely N-dealkylation sites (tertiary alicyclic amines) is 1. The fourth-order valence-electron chi connectivity index (χ4n) is 2.41. The van der Waals surface area contributed by atoms with Gasteiger partial charge in [0, 0.05) is 18.0 Å². The lowest BCUT2D eigenvalue weighted by Gasteiger charge is -2.33. The number of sulfone groups is 1. The van der Waals surface area contributed by atoms with Gasteiger partial charge in [0.1, 0.15) is 0 Å². The van der Waals surface area contributed by atoms with Crippen LogP contribution in [0.3, 0.4) is 0 Å². The number of benzene rings is 1. The molecule has 1 saturated heterocycles. The Hall–Kier alpha value is -1.66. The molecule has 1 aliphatic heterocycles. The van der Waals surface area contributed by atoms with Gasteiger partial charge in [-0.3, -0.25) is 4.79 Å². The van der Waals surface area contributed by atoms with Crippen LogP contribution in [0.2, 0.25) is 0 Å². The van der Waals surface area contributed by atoms with Crippen molar-refractivity contribution in [2.45, 2.75) is 30.2 Å². The summed E-state index contributed by atoms with van der Waals surface area (Å²) in [6, 6.07) is 7.76. The minimum Gasteiger partial charge on any atom is -0.394 e. The molecule has 0 spiro atoms. The van der Waals surface area contributed by atoms with Crippen molar-refractivity contribution in [1.82, 2.24) is 4.90 Å². The van der Waals surface area contributed by atoms with Crippen LogP contribution in [0.15, 0.2) is 46.7 Å². The molecular weight excluding hydrogens is 290 g/mol. The molecule has 1 N–H and O–H groups in total. The number of aliphatic hydroxyl groups is 1. The number of piperidine rings is 1. The number of hydrogen-bond donors (Lipinski definition) is 1. The normalized spacial score (nSPS) is 19.9. The minimum absolute atomic E-state index is 0.0922. The molecule has 6 heteroatoms. The highest BCUT2D eigenvalue weighted by molar-refractivity contribution is 7.94. The van der Waals surface area contributed by atoms with Crippen LogP contribution in [0.5, 0.6) is 0 Å². The molecule has 1 heterocycles. The summed E-state index contributed by atoms with van der Waals surface area (Å²) in [4.78, 5) is 13.8. The molecule has 5 nitrogen and oxygen atoms in total. The molecular formula is C15H19NO4S. The fourth-order valence-corrected chi connectivity index (χ4v) is 3.40. The predicted molar refractivity (Wildman–Crippen MR) is 79.2 cm³/mol. The molecule has 0 bridgehead atoms. The Labute approximate surface area is 124 Å². The van der Waals surface area contributed by atoms with Crippen molar-refractivity contribution in [3.05, 3.63) is 41.8 Å². The Kier molecular flexibility index (Phi) is 5.14. The summed E-state index contributed by atoms with van der Waals surface area (Å²) in [6.07, 6.45) is 3.68. The molecule has 21 heavy (non-hydrogen) atoms. The van der Waals surface area contributed by atoms with E-state index in [9.17, 15) is 18.3 Å². The first-order valence-corrected chi connectivity index (χ1v) is 8.49. The van der Waals surface area contributed by atoms with E-state index in [-0.39, 0.29) is 23.5 Å². The SMILES string of the molecule is O=C(/C=C/S(=O)(=O)c1ccccc1)N1CCCCC1CO. The third-order valence-electron chi connectivity index (χ3n) is 3.58. The quantitative estimate of drug-likeness (QED) is 0.852. The number of carbonyl (C=O) groups is 1. The van der Waals surface area contributed by atoms with Gasteiger partial charge in [0.05, 0.1) is 17.5 Å². The minimum atomic E-state index is -3.61. The summed E-state index contributed by atoms with van der Waals surface area (Å²) < 4.78 is 24.1. The Bertz CT molecular complexity index is 610. The maximum Gasteiger partial charge on any atom is 0.247 e. The molecule has 0 saturated carbocycles. The van der Waals surface area contributed by atoms with Crippen LogP contribution in [-0.2, 0) is 14.6 Å². The van der Waals surface area contributed by atoms with Crippen molar-refractivity contribution < 1.29 is 18.3 Å². The Morgan fingerprint density at radius 1 is 1.29 bits per heavy atom. The van der Waals surface area contributed by atoms with Gasteiger partial charge in [-0.15, -0.1) is 0 Å². The van der Waals surface area contributed by atoms with Gasteiger partial charge in [-0.1, -0.05) is 18.2 Å². The van der Waals surface area contributed by atoms with Gasteiger partial charge in [-0.25, -0.2) is 8.42 Å². The lowest BCUT2D eigenvalue weighted by atomic mass is 10.0. The van der Waals surface area contributed by atoms with Gasteiger partial charge in [-0.05, 0) is 31.4 Å². The summed E-state index contributed by atoms with van der Waals surface area (Å²) in [6.45, 7) is 0.463. The smallest absolute Gasteiger partial charge is 0.247 e. The average molecular weight is 309 g/mol. The second-order valence-corrected chi connectivity index (χ2v) is 6.86. The maximum atomic E-state index is 12.1. The summed E-state index contributed by atoms with van der Waals surface area (Å²) >= 11 is 0. The Balaban J connectivity index is 2.11. The molecule has 114 valence electrons. The molecule has 1 fully saturated rings. The molecule has 1 amide bonds. The highest BCUT2D eigenvalue weighted by atomic mass is 32.2. The zero-order valence-electron chi connectivity index (χ0n) is 11.7. The number of aliphatic hydroxyl groups excluding tert-OH is 1. The van der Waals surface area contributed by atoms with Crippen LogP contribution in [0.1, 0.15) is 19.3 Å². The van der Waals surface area contributed by atoms with Crippen LogP contribution in [0.25, 0.3) is 0 Å². The number of nitrogens with zero attached hydrogens (tertiary/aromatic N) is 1. The first-order chi connectivity index (χ1) is 10.0. The molecule has 1 unspecified atom stereocenters. The van der Waals surface area contributed by atoms with Gasteiger partial charge < -0.3 is 10.0 Å². The number of hydrogen-bond acceptors (Lipinski definition) is 4. The van der Waals surface area contributed by atoms with E-state index in [2.05, 4.69) is 0 Å². The largest absolute Gasteiger partial charge is 0.394 e. The standard InChI is InChI=1S/C15H19NO4S/c17-12-13-6-4-5-10-16(13)15(18)9-11-21(19,20)14-7-2-1-3-8-14/h1-3,7-9,11,13,17H,4-6,10,12H2/b11-9+. The van der Waals surface area contributed by atoms with Crippen molar-refractivity contribution in [1.29, 1.82) is 0 Å². The lowest BCUT2D eigenvalue weighted by molar-refractivity contribution is -0.130. The van der Waals surface area contributed by atoms with E-state index in [1.54, 1.807) is 23.1 Å². The van der Waals surface area contributed by atoms with Crippen LogP contribution >= 0.6 is 0 Å². The summed E-state index contributed by atoms with van der Waals surface area (Å²) in [7, 11) is -3.61.